The molecular formula is C12H17ClN2S. The summed E-state index contributed by atoms with van der Waals surface area (Å²) in [4.78, 5) is 2.33. The Kier molecular flexibility index (Phi) is 3.27. The van der Waals surface area contributed by atoms with Crippen molar-refractivity contribution in [3.63, 3.8) is 0 Å². The van der Waals surface area contributed by atoms with Crippen molar-refractivity contribution in [2.24, 2.45) is 0 Å². The predicted octanol–water partition coefficient (Wildman–Crippen LogP) is 3.25. The molecule has 0 bridgehead atoms. The van der Waals surface area contributed by atoms with Gasteiger partial charge in [0.1, 0.15) is 0 Å². The lowest BCUT2D eigenvalue weighted by atomic mass is 10.1. The highest BCUT2D eigenvalue weighted by Gasteiger charge is 2.27. The average Bonchev–Trinajstić information content (AvgIpc) is 2.20. The van der Waals surface area contributed by atoms with Gasteiger partial charge in [0, 0.05) is 28.6 Å². The lowest BCUT2D eigenvalue weighted by Crippen LogP contribution is -2.43. The fourth-order valence-corrected chi connectivity index (χ4v) is 3.29. The predicted molar refractivity (Wildman–Crippen MR) is 74.6 cm³/mol. The van der Waals surface area contributed by atoms with Crippen molar-refractivity contribution < 1.29 is 0 Å². The molecule has 1 aromatic carbocycles. The number of nitrogens with zero attached hydrogens (tertiary/aromatic N) is 1. The van der Waals surface area contributed by atoms with Crippen molar-refractivity contribution in [1.82, 2.24) is 0 Å². The van der Waals surface area contributed by atoms with Crippen molar-refractivity contribution in [2.45, 2.75) is 18.6 Å². The summed E-state index contributed by atoms with van der Waals surface area (Å²) in [6, 6.07) is 5.68. The molecule has 0 amide bonds. The topological polar surface area (TPSA) is 29.3 Å². The third-order valence-electron chi connectivity index (χ3n) is 2.76. The summed E-state index contributed by atoms with van der Waals surface area (Å²) in [5.74, 6) is 1.14. The van der Waals surface area contributed by atoms with Gasteiger partial charge in [-0.2, -0.15) is 11.8 Å². The molecule has 4 heteroatoms. The number of hydrogen-bond donors (Lipinski definition) is 1. The Hall–Kier alpha value is -0.540. The van der Waals surface area contributed by atoms with Gasteiger partial charge in [-0.25, -0.2) is 0 Å². The number of nitrogens with two attached hydrogens (primary N) is 1. The molecule has 0 spiro atoms. The van der Waals surface area contributed by atoms with Crippen LogP contribution in [0, 0.1) is 0 Å². The minimum absolute atomic E-state index is 0.285. The zero-order valence-electron chi connectivity index (χ0n) is 9.66. The van der Waals surface area contributed by atoms with Gasteiger partial charge in [0.15, 0.2) is 0 Å². The second-order valence-corrected chi connectivity index (χ2v) is 6.97. The fourth-order valence-electron chi connectivity index (χ4n) is 2.01. The third kappa shape index (κ3) is 2.58. The molecule has 0 unspecified atom stereocenters. The highest BCUT2D eigenvalue weighted by Crippen LogP contribution is 2.35. The van der Waals surface area contributed by atoms with E-state index in [0.717, 1.165) is 35.2 Å². The van der Waals surface area contributed by atoms with Crippen LogP contribution >= 0.6 is 23.4 Å². The van der Waals surface area contributed by atoms with Crippen LogP contribution in [0.25, 0.3) is 0 Å². The van der Waals surface area contributed by atoms with E-state index in [4.69, 9.17) is 17.3 Å². The molecule has 1 heterocycles. The normalized spacial score (nSPS) is 19.8. The monoisotopic (exact) mass is 256 g/mol. The largest absolute Gasteiger partial charge is 0.397 e. The zero-order valence-corrected chi connectivity index (χ0v) is 11.2. The Morgan fingerprint density at radius 2 is 2.19 bits per heavy atom. The number of thioether (sulfide) groups is 1. The molecule has 2 rings (SSSR count). The van der Waals surface area contributed by atoms with Crippen LogP contribution in [0.3, 0.4) is 0 Å². The van der Waals surface area contributed by atoms with Crippen LogP contribution in [0.4, 0.5) is 11.4 Å². The van der Waals surface area contributed by atoms with Crippen LogP contribution in [-0.2, 0) is 0 Å². The number of benzene rings is 1. The lowest BCUT2D eigenvalue weighted by Gasteiger charge is -2.39. The standard InChI is InChI=1S/C12H17ClN2S/c1-12(2)8-15(5-6-16-12)11-7-9(13)3-4-10(11)14/h3-4,7H,5-6,8,14H2,1-2H3. The Labute approximate surface area is 106 Å². The summed E-state index contributed by atoms with van der Waals surface area (Å²) in [6.07, 6.45) is 0. The number of halogens is 1. The quantitative estimate of drug-likeness (QED) is 0.782. The zero-order chi connectivity index (χ0) is 11.8. The molecule has 1 aliphatic heterocycles. The van der Waals surface area contributed by atoms with Crippen molar-refractivity contribution >= 4 is 34.7 Å². The van der Waals surface area contributed by atoms with Gasteiger partial charge in [0.05, 0.1) is 11.4 Å². The Balaban J connectivity index is 2.26. The summed E-state index contributed by atoms with van der Waals surface area (Å²) in [5.41, 5.74) is 7.88. The maximum atomic E-state index is 6.02. The molecule has 2 nitrogen and oxygen atoms in total. The first-order chi connectivity index (χ1) is 7.48. The fraction of sp³-hybridized carbons (Fsp3) is 0.500. The van der Waals surface area contributed by atoms with Gasteiger partial charge in [-0.3, -0.25) is 0 Å². The molecule has 1 aromatic rings. The molecule has 0 aromatic heterocycles. The lowest BCUT2D eigenvalue weighted by molar-refractivity contribution is 0.648. The van der Waals surface area contributed by atoms with Crippen LogP contribution < -0.4 is 10.6 Å². The Bertz CT molecular complexity index is 393. The Morgan fingerprint density at radius 3 is 2.88 bits per heavy atom. The molecule has 2 N–H and O–H groups in total. The number of rotatable bonds is 1. The second-order valence-electron chi connectivity index (χ2n) is 4.73. The average molecular weight is 257 g/mol. The minimum atomic E-state index is 0.285. The van der Waals surface area contributed by atoms with Gasteiger partial charge in [0.25, 0.3) is 0 Å². The van der Waals surface area contributed by atoms with Gasteiger partial charge in [-0.15, -0.1) is 0 Å². The van der Waals surface area contributed by atoms with Crippen LogP contribution in [-0.4, -0.2) is 23.6 Å². The maximum Gasteiger partial charge on any atom is 0.0615 e. The summed E-state index contributed by atoms with van der Waals surface area (Å²) in [7, 11) is 0. The van der Waals surface area contributed by atoms with Gasteiger partial charge in [0.2, 0.25) is 0 Å². The molecule has 1 fully saturated rings. The number of hydrogen-bond acceptors (Lipinski definition) is 3. The minimum Gasteiger partial charge on any atom is -0.397 e. The van der Waals surface area contributed by atoms with E-state index in [2.05, 4.69) is 18.7 Å². The molecule has 0 saturated carbocycles. The summed E-state index contributed by atoms with van der Waals surface area (Å²) in [5, 5.41) is 0.750. The van der Waals surface area contributed by atoms with E-state index >= 15 is 0 Å². The summed E-state index contributed by atoms with van der Waals surface area (Å²) < 4.78 is 0.285. The molecule has 0 atom stereocenters. The van der Waals surface area contributed by atoms with Crippen LogP contribution in [0.15, 0.2) is 18.2 Å². The van der Waals surface area contributed by atoms with Gasteiger partial charge >= 0.3 is 0 Å². The van der Waals surface area contributed by atoms with Gasteiger partial charge in [-0.05, 0) is 32.0 Å². The van der Waals surface area contributed by atoms with E-state index < -0.39 is 0 Å². The molecule has 88 valence electrons. The van der Waals surface area contributed by atoms with Gasteiger partial charge in [-0.1, -0.05) is 11.6 Å². The van der Waals surface area contributed by atoms with Crippen LogP contribution in [0.5, 0.6) is 0 Å². The van der Waals surface area contributed by atoms with E-state index in [9.17, 15) is 0 Å². The highest BCUT2D eigenvalue weighted by molar-refractivity contribution is 8.00. The third-order valence-corrected chi connectivity index (χ3v) is 4.29. The molecular weight excluding hydrogens is 240 g/mol. The van der Waals surface area contributed by atoms with E-state index in [1.165, 1.54) is 0 Å². The first-order valence-corrected chi connectivity index (χ1v) is 6.78. The molecule has 1 aliphatic rings. The van der Waals surface area contributed by atoms with Gasteiger partial charge < -0.3 is 10.6 Å². The summed E-state index contributed by atoms with van der Waals surface area (Å²) in [6.45, 7) is 6.59. The van der Waals surface area contributed by atoms with E-state index in [1.54, 1.807) is 0 Å². The molecule has 1 saturated heterocycles. The Morgan fingerprint density at radius 1 is 1.44 bits per heavy atom. The first-order valence-electron chi connectivity index (χ1n) is 5.42. The van der Waals surface area contributed by atoms with E-state index in [-0.39, 0.29) is 4.75 Å². The SMILES string of the molecule is CC1(C)CN(c2cc(Cl)ccc2N)CCS1. The van der Waals surface area contributed by atoms with Crippen molar-refractivity contribution in [1.29, 1.82) is 0 Å². The second kappa shape index (κ2) is 4.38. The first kappa shape index (κ1) is 11.9. The van der Waals surface area contributed by atoms with Crippen molar-refractivity contribution in [2.75, 3.05) is 29.5 Å². The van der Waals surface area contributed by atoms with Crippen LogP contribution in [0.1, 0.15) is 13.8 Å². The maximum absolute atomic E-state index is 6.02. The van der Waals surface area contributed by atoms with Crippen molar-refractivity contribution in [3.05, 3.63) is 23.2 Å². The number of anilines is 2. The van der Waals surface area contributed by atoms with E-state index in [0.29, 0.717) is 0 Å². The van der Waals surface area contributed by atoms with Crippen LogP contribution in [0.2, 0.25) is 5.02 Å². The number of nitrogen functional groups attached to an aromatic ring is 1. The molecule has 16 heavy (non-hydrogen) atoms. The van der Waals surface area contributed by atoms with Crippen molar-refractivity contribution in [3.8, 4) is 0 Å². The van der Waals surface area contributed by atoms with E-state index in [1.807, 2.05) is 30.0 Å². The summed E-state index contributed by atoms with van der Waals surface area (Å²) >= 11 is 8.03. The smallest absolute Gasteiger partial charge is 0.0615 e. The molecule has 0 radical (unpaired) electrons. The highest BCUT2D eigenvalue weighted by atomic mass is 35.5. The molecule has 0 aliphatic carbocycles.